The van der Waals surface area contributed by atoms with Gasteiger partial charge in [-0.1, -0.05) is 0 Å². The Hall–Kier alpha value is -4.28. The zero-order chi connectivity index (χ0) is 20.3. The number of carbonyl (C=O) groups excluding carboxylic acids is 1. The minimum Gasteiger partial charge on any atom is -0.478 e. The number of hydrogen-bond acceptors (Lipinski definition) is 6. The van der Waals surface area contributed by atoms with Crippen molar-refractivity contribution in [1.29, 1.82) is 0 Å². The van der Waals surface area contributed by atoms with Crippen LogP contribution in [0.5, 0.6) is 0 Å². The van der Waals surface area contributed by atoms with Gasteiger partial charge in [-0.2, -0.15) is 0 Å². The maximum absolute atomic E-state index is 12.3. The Morgan fingerprint density at radius 3 is 1.59 bits per heavy atom. The number of nitro benzene ring substituents is 1. The number of rotatable bonds is 6. The lowest BCUT2D eigenvalue weighted by molar-refractivity contribution is -0.384. The Balaban J connectivity index is 2.45. The van der Waals surface area contributed by atoms with E-state index in [9.17, 15) is 29.3 Å². The van der Waals surface area contributed by atoms with Gasteiger partial charge in [0.2, 0.25) is 0 Å². The van der Waals surface area contributed by atoms with E-state index in [-0.39, 0.29) is 11.3 Å². The molecule has 0 aromatic heterocycles. The molecule has 2 rings (SSSR count). The molecule has 0 aliphatic carbocycles. The van der Waals surface area contributed by atoms with E-state index in [1.54, 1.807) is 0 Å². The molecule has 27 heavy (non-hydrogen) atoms. The predicted octanol–water partition coefficient (Wildman–Crippen LogP) is 1.94. The van der Waals surface area contributed by atoms with Gasteiger partial charge in [0.15, 0.2) is 0 Å². The average molecular weight is 374 g/mol. The molecule has 0 atom stereocenters. The Morgan fingerprint density at radius 1 is 0.741 bits per heavy atom. The van der Waals surface area contributed by atoms with E-state index in [0.29, 0.717) is 0 Å². The first-order valence-electron chi connectivity index (χ1n) is 7.04. The molecule has 138 valence electrons. The molecule has 0 radical (unpaired) electrons. The lowest BCUT2D eigenvalue weighted by Crippen LogP contribution is -2.15. The minimum absolute atomic E-state index is 0.194. The third-order valence-electron chi connectivity index (χ3n) is 3.32. The number of nitro groups is 1. The van der Waals surface area contributed by atoms with Gasteiger partial charge in [0, 0.05) is 23.4 Å². The highest BCUT2D eigenvalue weighted by Crippen LogP contribution is 2.20. The number of nitrogens with zero attached hydrogens (tertiary/aromatic N) is 1. The summed E-state index contributed by atoms with van der Waals surface area (Å²) in [5.41, 5.74) is -2.52. The zero-order valence-electron chi connectivity index (χ0n) is 13.2. The first kappa shape index (κ1) is 19.1. The summed E-state index contributed by atoms with van der Waals surface area (Å²) in [5.74, 6) is -5.34. The SMILES string of the molecule is O=C(O)c1cc(NC(=O)c2cc(C(=O)O)cc([N+](=O)[O-])c2)cc(C(=O)O)c1. The molecule has 0 bridgehead atoms. The molecule has 0 fully saturated rings. The summed E-state index contributed by atoms with van der Waals surface area (Å²) in [5, 5.41) is 40.1. The van der Waals surface area contributed by atoms with Gasteiger partial charge in [-0.3, -0.25) is 14.9 Å². The van der Waals surface area contributed by atoms with Gasteiger partial charge < -0.3 is 20.6 Å². The van der Waals surface area contributed by atoms with Gasteiger partial charge in [0.1, 0.15) is 0 Å². The van der Waals surface area contributed by atoms with Crippen LogP contribution in [0.25, 0.3) is 0 Å². The molecule has 0 spiro atoms. The second kappa shape index (κ2) is 7.31. The van der Waals surface area contributed by atoms with Gasteiger partial charge in [0.05, 0.1) is 21.6 Å². The molecule has 11 heteroatoms. The van der Waals surface area contributed by atoms with Crippen LogP contribution in [0.2, 0.25) is 0 Å². The van der Waals surface area contributed by atoms with Crippen molar-refractivity contribution in [3.8, 4) is 0 Å². The van der Waals surface area contributed by atoms with Crippen molar-refractivity contribution < 1.29 is 39.4 Å². The number of nitrogens with one attached hydrogen (secondary N) is 1. The highest BCUT2D eigenvalue weighted by molar-refractivity contribution is 6.07. The van der Waals surface area contributed by atoms with Crippen LogP contribution in [0.4, 0.5) is 11.4 Å². The highest BCUT2D eigenvalue weighted by Gasteiger charge is 2.19. The monoisotopic (exact) mass is 374 g/mol. The Labute approximate surface area is 149 Å². The number of benzene rings is 2. The third kappa shape index (κ3) is 4.42. The summed E-state index contributed by atoms with van der Waals surface area (Å²) in [6.07, 6.45) is 0. The molecule has 0 heterocycles. The normalized spacial score (nSPS) is 10.1. The number of carbonyl (C=O) groups is 4. The molecule has 0 saturated heterocycles. The standard InChI is InChI=1S/C16H10N2O9/c19-13(7-1-10(16(24)25)6-12(5-7)18(26)27)17-11-3-8(14(20)21)2-9(4-11)15(22)23/h1-6H,(H,17,19)(H,20,21)(H,22,23)(H,24,25). The van der Waals surface area contributed by atoms with Crippen molar-refractivity contribution in [3.63, 3.8) is 0 Å². The molecule has 2 aromatic carbocycles. The molecule has 0 aliphatic rings. The second-order valence-electron chi connectivity index (χ2n) is 5.19. The average Bonchev–Trinajstić information content (AvgIpc) is 2.60. The van der Waals surface area contributed by atoms with E-state index in [1.807, 2.05) is 0 Å². The first-order valence-corrected chi connectivity index (χ1v) is 7.04. The lowest BCUT2D eigenvalue weighted by atomic mass is 10.1. The van der Waals surface area contributed by atoms with Crippen molar-refractivity contribution in [3.05, 3.63) is 68.8 Å². The zero-order valence-corrected chi connectivity index (χ0v) is 13.2. The van der Waals surface area contributed by atoms with E-state index in [4.69, 9.17) is 15.3 Å². The van der Waals surface area contributed by atoms with Gasteiger partial charge in [-0.05, 0) is 24.3 Å². The minimum atomic E-state index is -1.49. The second-order valence-corrected chi connectivity index (χ2v) is 5.19. The van der Waals surface area contributed by atoms with Crippen LogP contribution in [-0.2, 0) is 0 Å². The summed E-state index contributed by atoms with van der Waals surface area (Å²) < 4.78 is 0. The van der Waals surface area contributed by atoms with Crippen molar-refractivity contribution >= 4 is 35.2 Å². The number of aromatic carboxylic acids is 3. The lowest BCUT2D eigenvalue weighted by Gasteiger charge is -2.08. The fourth-order valence-corrected chi connectivity index (χ4v) is 2.12. The van der Waals surface area contributed by atoms with Crippen molar-refractivity contribution in [1.82, 2.24) is 0 Å². The Kier molecular flexibility index (Phi) is 5.16. The van der Waals surface area contributed by atoms with Crippen LogP contribution in [0.15, 0.2) is 36.4 Å². The maximum atomic E-state index is 12.3. The maximum Gasteiger partial charge on any atom is 0.335 e. The molecule has 1 amide bonds. The summed E-state index contributed by atoms with van der Waals surface area (Å²) in [6.45, 7) is 0. The fourth-order valence-electron chi connectivity index (χ4n) is 2.12. The molecule has 4 N–H and O–H groups in total. The van der Waals surface area contributed by atoms with E-state index >= 15 is 0 Å². The van der Waals surface area contributed by atoms with Gasteiger partial charge in [-0.25, -0.2) is 14.4 Å². The van der Waals surface area contributed by atoms with Crippen LogP contribution in [0.1, 0.15) is 41.4 Å². The Bertz CT molecular complexity index is 933. The quantitative estimate of drug-likeness (QED) is 0.433. The topological polar surface area (TPSA) is 184 Å². The van der Waals surface area contributed by atoms with E-state index < -0.39 is 51.1 Å². The first-order chi connectivity index (χ1) is 12.6. The number of hydrogen-bond donors (Lipinski definition) is 4. The van der Waals surface area contributed by atoms with Crippen LogP contribution in [-0.4, -0.2) is 44.1 Å². The number of non-ortho nitro benzene ring substituents is 1. The van der Waals surface area contributed by atoms with Crippen molar-refractivity contribution in [2.75, 3.05) is 5.32 Å². The number of amides is 1. The molecule has 11 nitrogen and oxygen atoms in total. The van der Waals surface area contributed by atoms with Gasteiger partial charge in [-0.15, -0.1) is 0 Å². The number of carboxylic acids is 3. The predicted molar refractivity (Wildman–Crippen MR) is 88.4 cm³/mol. The molecular weight excluding hydrogens is 364 g/mol. The van der Waals surface area contributed by atoms with Gasteiger partial charge >= 0.3 is 17.9 Å². The van der Waals surface area contributed by atoms with Crippen LogP contribution < -0.4 is 5.32 Å². The smallest absolute Gasteiger partial charge is 0.335 e. The van der Waals surface area contributed by atoms with Crippen LogP contribution in [0, 0.1) is 10.1 Å². The number of carboxylic acid groups (broad SMARTS) is 3. The summed E-state index contributed by atoms with van der Waals surface area (Å²) in [7, 11) is 0. The summed E-state index contributed by atoms with van der Waals surface area (Å²) >= 11 is 0. The molecule has 0 unspecified atom stereocenters. The third-order valence-corrected chi connectivity index (χ3v) is 3.32. The number of anilines is 1. The molecule has 0 aliphatic heterocycles. The highest BCUT2D eigenvalue weighted by atomic mass is 16.6. The molecular formula is C16H10N2O9. The van der Waals surface area contributed by atoms with E-state index in [2.05, 4.69) is 5.32 Å². The fraction of sp³-hybridized carbons (Fsp3) is 0. The molecule has 0 saturated carbocycles. The van der Waals surface area contributed by atoms with Crippen LogP contribution in [0.3, 0.4) is 0 Å². The van der Waals surface area contributed by atoms with Crippen LogP contribution >= 0.6 is 0 Å². The van der Waals surface area contributed by atoms with E-state index in [1.165, 1.54) is 0 Å². The van der Waals surface area contributed by atoms with Crippen molar-refractivity contribution in [2.24, 2.45) is 0 Å². The molecule has 2 aromatic rings. The summed E-state index contributed by atoms with van der Waals surface area (Å²) in [4.78, 5) is 55.5. The van der Waals surface area contributed by atoms with E-state index in [0.717, 1.165) is 36.4 Å². The van der Waals surface area contributed by atoms with Crippen molar-refractivity contribution in [2.45, 2.75) is 0 Å². The Morgan fingerprint density at radius 2 is 1.15 bits per heavy atom. The summed E-state index contributed by atoms with van der Waals surface area (Å²) in [6, 6.07) is 5.36. The van der Waals surface area contributed by atoms with Gasteiger partial charge in [0.25, 0.3) is 11.6 Å². The largest absolute Gasteiger partial charge is 0.478 e.